The fourth-order valence-corrected chi connectivity index (χ4v) is 5.88. The van der Waals surface area contributed by atoms with E-state index in [1.54, 1.807) is 6.08 Å². The minimum Gasteiger partial charge on any atom is -1.00 e. The number of fused-ring (bicyclic) bond motifs is 2. The Morgan fingerprint density at radius 3 is 1.86 bits per heavy atom. The van der Waals surface area contributed by atoms with Crippen LogP contribution in [0.4, 0.5) is 22.0 Å². The van der Waals surface area contributed by atoms with Crippen LogP contribution in [0.2, 0.25) is 0 Å². The molecule has 0 heterocycles. The normalized spacial score (nSPS) is 13.5. The van der Waals surface area contributed by atoms with Crippen molar-refractivity contribution in [2.45, 2.75) is 20.3 Å². The molecule has 5 rings (SSSR count). The van der Waals surface area contributed by atoms with Gasteiger partial charge in [-0.1, -0.05) is 0 Å². The first-order chi connectivity index (χ1) is 15.7. The molecular weight excluding hydrogens is 581 g/mol. The van der Waals surface area contributed by atoms with Gasteiger partial charge in [0, 0.05) is 0 Å². The molecule has 0 spiro atoms. The molecule has 0 atom stereocenters. The monoisotopic (exact) mass is 595 g/mol. The zero-order valence-corrected chi connectivity index (χ0v) is 22.4. The van der Waals surface area contributed by atoms with Gasteiger partial charge in [-0.15, -0.1) is 0 Å². The van der Waals surface area contributed by atoms with Crippen LogP contribution < -0.4 is 35.3 Å². The standard InChI is InChI=1S/C27H16F5.2ClH.Zr/c1-13(2)15-10-11-17-16-7-4-3-6-14(16)12-20(17)21(15)18-8-5-9-19(18)22-23(28)25(30)27(32)26(31)24(22)29;;;/h3-7,9-11H,8H2,1-2H3;2*1H;/q;;;+2/p-2. The van der Waals surface area contributed by atoms with Crippen LogP contribution in [-0.2, 0) is 24.7 Å². The summed E-state index contributed by atoms with van der Waals surface area (Å²) in [5, 5.41) is 4.07. The molecule has 3 aromatic rings. The van der Waals surface area contributed by atoms with Crippen molar-refractivity contribution in [3.05, 3.63) is 115 Å². The zero-order chi connectivity index (χ0) is 23.6. The van der Waals surface area contributed by atoms with Crippen molar-refractivity contribution in [3.63, 3.8) is 0 Å². The van der Waals surface area contributed by atoms with Gasteiger partial charge in [0.2, 0.25) is 0 Å². The maximum absolute atomic E-state index is 14.8. The van der Waals surface area contributed by atoms with Crippen molar-refractivity contribution in [2.75, 3.05) is 0 Å². The first-order valence-corrected chi connectivity index (χ1v) is 11.5. The van der Waals surface area contributed by atoms with Crippen LogP contribution in [0, 0.1) is 39.5 Å². The number of rotatable bonds is 2. The third-order valence-electron chi connectivity index (χ3n) is 6.19. The van der Waals surface area contributed by atoms with Gasteiger partial charge < -0.3 is 24.8 Å². The zero-order valence-electron chi connectivity index (χ0n) is 18.5. The van der Waals surface area contributed by atoms with E-state index in [0.29, 0.717) is 12.0 Å². The molecule has 0 aliphatic heterocycles. The van der Waals surface area contributed by atoms with Crippen molar-refractivity contribution in [2.24, 2.45) is 0 Å². The van der Waals surface area contributed by atoms with Crippen molar-refractivity contribution in [1.29, 1.82) is 0 Å². The predicted molar refractivity (Wildman–Crippen MR) is 114 cm³/mol. The number of allylic oxidation sites excluding steroid dienone is 4. The molecule has 0 saturated heterocycles. The molecule has 0 nitrogen and oxygen atoms in total. The molecule has 0 amide bonds. The summed E-state index contributed by atoms with van der Waals surface area (Å²) >= 11 is 1.17. The van der Waals surface area contributed by atoms with Gasteiger partial charge in [0.05, 0.1) is 0 Å². The summed E-state index contributed by atoms with van der Waals surface area (Å²) < 4.78 is 72.4. The van der Waals surface area contributed by atoms with Gasteiger partial charge in [-0.05, 0) is 0 Å². The Kier molecular flexibility index (Phi) is 8.01. The molecular formula is C27H16Cl2F5Zr. The van der Waals surface area contributed by atoms with Crippen LogP contribution in [0.5, 0.6) is 0 Å². The molecule has 177 valence electrons. The molecule has 8 heteroatoms. The van der Waals surface area contributed by atoms with Crippen molar-refractivity contribution in [1.82, 2.24) is 0 Å². The molecule has 0 unspecified atom stereocenters. The SMILES string of the molecule is CC(C)=c1ccc2c(c1C1=C(c3c(F)c(F)c(F)c(F)c3F)C=CC1)[C]([Zr+2])=c1ccccc1=2.[Cl-].[Cl-]. The number of benzene rings is 3. The van der Waals surface area contributed by atoms with E-state index < -0.39 is 34.6 Å². The summed E-state index contributed by atoms with van der Waals surface area (Å²) in [5.74, 6) is -9.65. The fraction of sp³-hybridized carbons (Fsp3) is 0.111. The second kappa shape index (κ2) is 10.2. The van der Waals surface area contributed by atoms with E-state index >= 15 is 0 Å². The predicted octanol–water partition coefficient (Wildman–Crippen LogP) is -0.245. The molecule has 3 aromatic carbocycles. The van der Waals surface area contributed by atoms with E-state index in [2.05, 4.69) is 0 Å². The van der Waals surface area contributed by atoms with Gasteiger partial charge in [0.25, 0.3) is 0 Å². The summed E-state index contributed by atoms with van der Waals surface area (Å²) in [6.45, 7) is 3.88. The fourth-order valence-electron chi connectivity index (χ4n) is 4.71. The Balaban J connectivity index is 0.00000171. The van der Waals surface area contributed by atoms with E-state index in [0.717, 1.165) is 40.9 Å². The minimum atomic E-state index is -2.15. The molecule has 0 aromatic heterocycles. The topological polar surface area (TPSA) is 0 Å². The van der Waals surface area contributed by atoms with Crippen LogP contribution in [0.15, 0.2) is 48.6 Å². The number of halogens is 7. The molecule has 0 fully saturated rings. The summed E-state index contributed by atoms with van der Waals surface area (Å²) in [5.41, 5.74) is 2.45. The minimum absolute atomic E-state index is 0. The van der Waals surface area contributed by atoms with Crippen LogP contribution in [0.25, 0.3) is 20.0 Å². The maximum Gasteiger partial charge on any atom is -1.00 e. The summed E-state index contributed by atoms with van der Waals surface area (Å²) in [4.78, 5) is 0. The Morgan fingerprint density at radius 1 is 0.686 bits per heavy atom. The molecule has 0 saturated carbocycles. The van der Waals surface area contributed by atoms with Crippen molar-refractivity contribution < 1.29 is 71.5 Å². The molecule has 2 aliphatic rings. The molecule has 0 bridgehead atoms. The van der Waals surface area contributed by atoms with E-state index in [4.69, 9.17) is 0 Å². The van der Waals surface area contributed by atoms with E-state index in [1.165, 1.54) is 30.8 Å². The van der Waals surface area contributed by atoms with Crippen molar-refractivity contribution in [3.8, 4) is 0 Å². The second-order valence-electron chi connectivity index (χ2n) is 8.27. The van der Waals surface area contributed by atoms with Gasteiger partial charge in [-0.25, -0.2) is 0 Å². The van der Waals surface area contributed by atoms with Gasteiger partial charge in [0.1, 0.15) is 0 Å². The molecule has 0 N–H and O–H groups in total. The van der Waals surface area contributed by atoms with Gasteiger partial charge in [0.15, 0.2) is 0 Å². The van der Waals surface area contributed by atoms with Crippen molar-refractivity contribution >= 4 is 20.0 Å². The maximum atomic E-state index is 14.8. The molecule has 0 radical (unpaired) electrons. The van der Waals surface area contributed by atoms with Crippen LogP contribution in [0.3, 0.4) is 0 Å². The first-order valence-electron chi connectivity index (χ1n) is 10.3. The summed E-state index contributed by atoms with van der Waals surface area (Å²) in [6.07, 6.45) is 3.47. The Labute approximate surface area is 225 Å². The number of hydrogen-bond donors (Lipinski definition) is 0. The van der Waals surface area contributed by atoms with E-state index in [1.807, 2.05) is 50.2 Å². The summed E-state index contributed by atoms with van der Waals surface area (Å²) in [7, 11) is 0. The van der Waals surface area contributed by atoms with Gasteiger partial charge in [-0.3, -0.25) is 0 Å². The number of hydrogen-bond acceptors (Lipinski definition) is 0. The third-order valence-corrected chi connectivity index (χ3v) is 7.47. The van der Waals surface area contributed by atoms with Gasteiger partial charge >= 0.3 is 202 Å². The first kappa shape index (κ1) is 27.6. The summed E-state index contributed by atoms with van der Waals surface area (Å²) in [6, 6.07) is 12.0. The molecule has 35 heavy (non-hydrogen) atoms. The average Bonchev–Trinajstić information content (AvgIpc) is 3.39. The smallest absolute Gasteiger partial charge is 1.00 e. The van der Waals surface area contributed by atoms with Crippen LogP contribution in [0.1, 0.15) is 37.0 Å². The largest absolute Gasteiger partial charge is 1.00 e. The van der Waals surface area contributed by atoms with Gasteiger partial charge in [-0.2, -0.15) is 0 Å². The Bertz CT molecular complexity index is 1640. The van der Waals surface area contributed by atoms with Crippen LogP contribution in [-0.4, -0.2) is 0 Å². The quantitative estimate of drug-likeness (QED) is 0.218. The molecule has 2 aliphatic carbocycles. The third kappa shape index (κ3) is 4.08. The van der Waals surface area contributed by atoms with E-state index in [-0.39, 0.29) is 30.4 Å². The van der Waals surface area contributed by atoms with E-state index in [9.17, 15) is 22.0 Å². The Morgan fingerprint density at radius 2 is 1.26 bits per heavy atom. The Hall–Kier alpha value is -2.01. The average molecular weight is 598 g/mol. The second-order valence-corrected chi connectivity index (χ2v) is 9.50. The van der Waals surface area contributed by atoms with Crippen LogP contribution >= 0.6 is 0 Å².